The van der Waals surface area contributed by atoms with Gasteiger partial charge in [-0.15, -0.1) is 0 Å². The SMILES string of the molecule is CCCCCCC/C(CCCCCC/C=C/[C@H](C(=O)N[C@@H](Cc1ccc(OCC=C(C)C)cc1)C(=O)O)[C@@](O)(CC(=O)O)C(=O)O)=N\OC. The molecule has 1 aromatic rings. The van der Waals surface area contributed by atoms with E-state index in [2.05, 4.69) is 17.4 Å². The molecule has 3 atom stereocenters. The van der Waals surface area contributed by atoms with Gasteiger partial charge >= 0.3 is 17.9 Å². The van der Waals surface area contributed by atoms with Gasteiger partial charge in [-0.05, 0) is 76.1 Å². The molecule has 0 aliphatic carbocycles. The van der Waals surface area contributed by atoms with Gasteiger partial charge in [-0.25, -0.2) is 9.59 Å². The van der Waals surface area contributed by atoms with E-state index in [9.17, 15) is 39.6 Å². The number of oxime groups is 1. The van der Waals surface area contributed by atoms with Gasteiger partial charge < -0.3 is 35.3 Å². The van der Waals surface area contributed by atoms with E-state index in [1.54, 1.807) is 31.4 Å². The first-order chi connectivity index (χ1) is 23.3. The van der Waals surface area contributed by atoms with Crippen LogP contribution in [0.1, 0.15) is 110 Å². The lowest BCUT2D eigenvalue weighted by molar-refractivity contribution is -0.172. The molecule has 12 nitrogen and oxygen atoms in total. The molecule has 0 saturated heterocycles. The van der Waals surface area contributed by atoms with Crippen LogP contribution < -0.4 is 10.1 Å². The lowest BCUT2D eigenvalue weighted by Gasteiger charge is -2.29. The number of nitrogens with zero attached hydrogens (tertiary/aromatic N) is 1. The average molecular weight is 689 g/mol. The van der Waals surface area contributed by atoms with Gasteiger partial charge in [-0.2, -0.15) is 0 Å². The molecule has 0 spiro atoms. The third-order valence-electron chi connectivity index (χ3n) is 8.01. The van der Waals surface area contributed by atoms with Crippen LogP contribution in [0.4, 0.5) is 0 Å². The van der Waals surface area contributed by atoms with Gasteiger partial charge in [0.25, 0.3) is 0 Å². The fraction of sp³-hybridized carbons (Fsp3) is 0.595. The van der Waals surface area contributed by atoms with Crippen molar-refractivity contribution in [1.82, 2.24) is 5.32 Å². The number of carbonyl (C=O) groups is 4. The van der Waals surface area contributed by atoms with E-state index in [0.717, 1.165) is 55.9 Å². The van der Waals surface area contributed by atoms with Crippen LogP contribution in [-0.2, 0) is 30.4 Å². The van der Waals surface area contributed by atoms with Crippen molar-refractivity contribution in [3.63, 3.8) is 0 Å². The Labute approximate surface area is 290 Å². The molecule has 5 N–H and O–H groups in total. The Morgan fingerprint density at radius 3 is 2.06 bits per heavy atom. The van der Waals surface area contributed by atoms with Crippen LogP contribution in [0.3, 0.4) is 0 Å². The molecule has 0 bridgehead atoms. The standard InChI is InChI=1S/C37H56N2O10/c1-5-6-7-10-13-16-29(39-48-4)17-14-11-8-9-12-15-18-31(37(47,36(45)46)26-33(40)41)34(42)38-32(35(43)44)25-28-19-21-30(22-20-28)49-24-23-27(2)3/h15,18-23,31-32,47H,5-14,16-17,24-26H2,1-4H3,(H,38,42)(H,40,41)(H,43,44)(H,45,46)/b18-15+,39-29+/t31-,32+,37+/m1/s1. The second-order valence-corrected chi connectivity index (χ2v) is 12.5. The van der Waals surface area contributed by atoms with Gasteiger partial charge in [0.1, 0.15) is 25.5 Å². The van der Waals surface area contributed by atoms with E-state index in [1.165, 1.54) is 31.8 Å². The molecule has 12 heteroatoms. The van der Waals surface area contributed by atoms with Gasteiger partial charge in [0.05, 0.1) is 18.1 Å². The van der Waals surface area contributed by atoms with Crippen LogP contribution in [0.15, 0.2) is 53.2 Å². The first-order valence-corrected chi connectivity index (χ1v) is 17.1. The van der Waals surface area contributed by atoms with Crippen molar-refractivity contribution in [1.29, 1.82) is 0 Å². The summed E-state index contributed by atoms with van der Waals surface area (Å²) in [6.45, 7) is 6.45. The summed E-state index contributed by atoms with van der Waals surface area (Å²) in [4.78, 5) is 54.1. The number of hydrogen-bond acceptors (Lipinski definition) is 8. The number of rotatable bonds is 27. The first-order valence-electron chi connectivity index (χ1n) is 17.1. The molecule has 0 fully saturated rings. The van der Waals surface area contributed by atoms with Crippen LogP contribution in [-0.4, -0.2) is 75.3 Å². The summed E-state index contributed by atoms with van der Waals surface area (Å²) in [5.74, 6) is -7.33. The number of aliphatic hydroxyl groups is 1. The van der Waals surface area contributed by atoms with Crippen LogP contribution in [0.25, 0.3) is 0 Å². The quantitative estimate of drug-likeness (QED) is 0.0303. The zero-order valence-electron chi connectivity index (χ0n) is 29.5. The summed E-state index contributed by atoms with van der Waals surface area (Å²) in [6, 6.07) is 5.15. The molecule has 49 heavy (non-hydrogen) atoms. The van der Waals surface area contributed by atoms with E-state index in [0.29, 0.717) is 30.8 Å². The fourth-order valence-electron chi connectivity index (χ4n) is 5.19. The molecule has 1 aromatic carbocycles. The van der Waals surface area contributed by atoms with Gasteiger partial charge in [0.15, 0.2) is 5.60 Å². The maximum atomic E-state index is 13.4. The van der Waals surface area contributed by atoms with Crippen LogP contribution in [0.5, 0.6) is 5.75 Å². The molecule has 0 unspecified atom stereocenters. The number of ether oxygens (including phenoxy) is 1. The summed E-state index contributed by atoms with van der Waals surface area (Å²) in [5, 5.41) is 46.4. The molecular formula is C37H56N2O10. The Morgan fingerprint density at radius 1 is 0.918 bits per heavy atom. The van der Waals surface area contributed by atoms with Crippen LogP contribution in [0.2, 0.25) is 0 Å². The maximum Gasteiger partial charge on any atom is 0.337 e. The number of allylic oxidation sites excluding steroid dienone is 2. The lowest BCUT2D eigenvalue weighted by Crippen LogP contribution is -2.55. The van der Waals surface area contributed by atoms with E-state index < -0.39 is 47.8 Å². The molecular weight excluding hydrogens is 632 g/mol. The van der Waals surface area contributed by atoms with E-state index in [1.807, 2.05) is 19.9 Å². The summed E-state index contributed by atoms with van der Waals surface area (Å²) >= 11 is 0. The number of carbonyl (C=O) groups excluding carboxylic acids is 1. The van der Waals surface area contributed by atoms with Crippen molar-refractivity contribution in [2.24, 2.45) is 11.1 Å². The summed E-state index contributed by atoms with van der Waals surface area (Å²) in [6.07, 6.45) is 14.6. The maximum absolute atomic E-state index is 13.4. The van der Waals surface area contributed by atoms with Crippen molar-refractivity contribution in [2.45, 2.75) is 122 Å². The number of aliphatic carboxylic acids is 3. The molecule has 1 rings (SSSR count). The van der Waals surface area contributed by atoms with E-state index >= 15 is 0 Å². The summed E-state index contributed by atoms with van der Waals surface area (Å²) < 4.78 is 5.62. The third kappa shape index (κ3) is 17.7. The lowest BCUT2D eigenvalue weighted by atomic mass is 9.82. The first kappa shape index (κ1) is 42.8. The third-order valence-corrected chi connectivity index (χ3v) is 8.01. The second kappa shape index (κ2) is 24.0. The molecule has 0 heterocycles. The van der Waals surface area contributed by atoms with Crippen LogP contribution >= 0.6 is 0 Å². The van der Waals surface area contributed by atoms with Crippen molar-refractivity contribution >= 4 is 29.5 Å². The average Bonchev–Trinajstić information content (AvgIpc) is 3.03. The van der Waals surface area contributed by atoms with Gasteiger partial charge in [0, 0.05) is 6.42 Å². The molecule has 0 saturated carbocycles. The predicted octanol–water partition coefficient (Wildman–Crippen LogP) is 6.31. The number of hydrogen-bond donors (Lipinski definition) is 5. The normalized spacial score (nSPS) is 14.0. The highest BCUT2D eigenvalue weighted by atomic mass is 16.6. The topological polar surface area (TPSA) is 192 Å². The van der Waals surface area contributed by atoms with E-state index in [-0.39, 0.29) is 6.42 Å². The van der Waals surface area contributed by atoms with Crippen molar-refractivity contribution in [3.05, 3.63) is 53.6 Å². The summed E-state index contributed by atoms with van der Waals surface area (Å²) in [5.41, 5.74) is -0.311. The number of unbranched alkanes of at least 4 members (excludes halogenated alkanes) is 8. The minimum Gasteiger partial charge on any atom is -0.490 e. The zero-order valence-corrected chi connectivity index (χ0v) is 29.5. The second-order valence-electron chi connectivity index (χ2n) is 12.5. The highest BCUT2D eigenvalue weighted by Crippen LogP contribution is 2.26. The monoisotopic (exact) mass is 688 g/mol. The van der Waals surface area contributed by atoms with Gasteiger partial charge in [0.2, 0.25) is 5.91 Å². The van der Waals surface area contributed by atoms with Crippen LogP contribution in [0, 0.1) is 5.92 Å². The number of carboxylic acids is 3. The Morgan fingerprint density at radius 2 is 1.53 bits per heavy atom. The molecule has 0 radical (unpaired) electrons. The molecule has 0 aromatic heterocycles. The number of nitrogens with one attached hydrogen (secondary N) is 1. The zero-order chi connectivity index (χ0) is 36.7. The van der Waals surface area contributed by atoms with Crippen molar-refractivity contribution in [2.75, 3.05) is 13.7 Å². The highest BCUT2D eigenvalue weighted by Gasteiger charge is 2.49. The van der Waals surface area contributed by atoms with Gasteiger partial charge in [-0.1, -0.05) is 80.5 Å². The number of amides is 1. The van der Waals surface area contributed by atoms with Crippen molar-refractivity contribution < 1.29 is 49.2 Å². The largest absolute Gasteiger partial charge is 0.490 e. The Balaban J connectivity index is 2.87. The Hall–Kier alpha value is -4.19. The molecule has 274 valence electrons. The van der Waals surface area contributed by atoms with E-state index in [4.69, 9.17) is 9.57 Å². The minimum atomic E-state index is -3.01. The van der Waals surface area contributed by atoms with Crippen molar-refractivity contribution in [3.8, 4) is 5.75 Å². The molecule has 0 aliphatic heterocycles. The molecule has 1 amide bonds. The Kier molecular flexibility index (Phi) is 21.0. The minimum absolute atomic E-state index is 0.147. The number of carboxylic acid groups (broad SMARTS) is 3. The number of benzene rings is 1. The molecule has 0 aliphatic rings. The Bertz CT molecular complexity index is 1250. The van der Waals surface area contributed by atoms with Gasteiger partial charge in [-0.3, -0.25) is 9.59 Å². The predicted molar refractivity (Wildman–Crippen MR) is 188 cm³/mol. The summed E-state index contributed by atoms with van der Waals surface area (Å²) in [7, 11) is 1.54. The smallest absolute Gasteiger partial charge is 0.337 e. The highest BCUT2D eigenvalue weighted by molar-refractivity contribution is 5.94. The fourth-order valence-corrected chi connectivity index (χ4v) is 5.19.